The zero-order chi connectivity index (χ0) is 12.1. The van der Waals surface area contributed by atoms with Crippen molar-refractivity contribution in [3.63, 3.8) is 0 Å². The maximum Gasteiger partial charge on any atom is 0.223 e. The van der Waals surface area contributed by atoms with E-state index in [1.165, 1.54) is 0 Å². The van der Waals surface area contributed by atoms with Crippen molar-refractivity contribution in [2.45, 2.75) is 6.10 Å². The predicted molar refractivity (Wildman–Crippen MR) is 62.5 cm³/mol. The number of morpholine rings is 1. The van der Waals surface area contributed by atoms with Crippen molar-refractivity contribution < 1.29 is 4.74 Å². The summed E-state index contributed by atoms with van der Waals surface area (Å²) in [5.41, 5.74) is 0.365. The number of anilines is 1. The molecule has 1 aromatic rings. The highest BCUT2D eigenvalue weighted by molar-refractivity contribution is 5.30. The van der Waals surface area contributed by atoms with E-state index in [4.69, 9.17) is 10.00 Å². The van der Waals surface area contributed by atoms with Crippen LogP contribution in [0, 0.1) is 11.3 Å². The Bertz CT molecular complexity index is 417. The fraction of sp³-hybridized carbons (Fsp3) is 0.545. The van der Waals surface area contributed by atoms with Crippen molar-refractivity contribution in [2.24, 2.45) is 0 Å². The number of nitrogens with zero attached hydrogens (tertiary/aromatic N) is 4. The molecule has 0 saturated carbocycles. The van der Waals surface area contributed by atoms with Gasteiger partial charge < -0.3 is 15.0 Å². The minimum absolute atomic E-state index is 0.142. The summed E-state index contributed by atoms with van der Waals surface area (Å²) in [6.07, 6.45) is 1.71. The molecule has 1 aliphatic heterocycles. The number of hydrogen-bond donors (Lipinski definition) is 1. The summed E-state index contributed by atoms with van der Waals surface area (Å²) in [4.78, 5) is 10.3. The third-order valence-corrected chi connectivity index (χ3v) is 2.60. The highest BCUT2D eigenvalue weighted by Gasteiger charge is 2.17. The van der Waals surface area contributed by atoms with E-state index in [-0.39, 0.29) is 6.10 Å². The number of nitrogens with one attached hydrogen (secondary N) is 1. The summed E-state index contributed by atoms with van der Waals surface area (Å²) in [5.74, 6) is 0.473. The number of aromatic nitrogens is 2. The molecule has 1 aliphatic rings. The Morgan fingerprint density at radius 2 is 2.59 bits per heavy atom. The Morgan fingerprint density at radius 1 is 1.71 bits per heavy atom. The number of rotatable bonds is 3. The van der Waals surface area contributed by atoms with Crippen LogP contribution in [0.25, 0.3) is 0 Å². The lowest BCUT2D eigenvalue weighted by Crippen LogP contribution is -2.43. The van der Waals surface area contributed by atoms with Gasteiger partial charge in [-0.05, 0) is 13.1 Å². The minimum atomic E-state index is 0.142. The number of hydrogen-bond acceptors (Lipinski definition) is 6. The van der Waals surface area contributed by atoms with Crippen LogP contribution in [0.2, 0.25) is 0 Å². The molecule has 1 atom stereocenters. The van der Waals surface area contributed by atoms with Gasteiger partial charge in [-0.3, -0.25) is 0 Å². The Labute approximate surface area is 100 Å². The Kier molecular flexibility index (Phi) is 3.85. The lowest BCUT2D eigenvalue weighted by atomic mass is 10.3. The molecule has 1 aromatic heterocycles. The third kappa shape index (κ3) is 3.37. The van der Waals surface area contributed by atoms with Crippen LogP contribution in [-0.2, 0) is 4.74 Å². The van der Waals surface area contributed by atoms with E-state index in [9.17, 15) is 0 Å². The van der Waals surface area contributed by atoms with Crippen LogP contribution in [0.5, 0.6) is 0 Å². The van der Waals surface area contributed by atoms with Crippen LogP contribution in [-0.4, -0.2) is 54.3 Å². The molecule has 6 nitrogen and oxygen atoms in total. The molecule has 2 rings (SSSR count). The van der Waals surface area contributed by atoms with Crippen molar-refractivity contribution in [2.75, 3.05) is 38.6 Å². The summed E-state index contributed by atoms with van der Waals surface area (Å²) in [7, 11) is 2.07. The normalized spacial score (nSPS) is 20.8. The van der Waals surface area contributed by atoms with E-state index in [0.29, 0.717) is 18.2 Å². The first-order chi connectivity index (χ1) is 8.28. The average Bonchev–Trinajstić information content (AvgIpc) is 2.37. The van der Waals surface area contributed by atoms with Gasteiger partial charge in [0.05, 0.1) is 12.7 Å². The van der Waals surface area contributed by atoms with Gasteiger partial charge in [-0.25, -0.2) is 9.97 Å². The van der Waals surface area contributed by atoms with Gasteiger partial charge in [-0.1, -0.05) is 0 Å². The van der Waals surface area contributed by atoms with E-state index in [1.807, 2.05) is 6.07 Å². The zero-order valence-corrected chi connectivity index (χ0v) is 9.76. The molecular formula is C11H15N5O. The predicted octanol–water partition coefficient (Wildman–Crippen LogP) is 0.0908. The summed E-state index contributed by atoms with van der Waals surface area (Å²) >= 11 is 0. The van der Waals surface area contributed by atoms with Gasteiger partial charge in [0, 0.05) is 25.8 Å². The largest absolute Gasteiger partial charge is 0.374 e. The van der Waals surface area contributed by atoms with Gasteiger partial charge in [0.1, 0.15) is 11.8 Å². The van der Waals surface area contributed by atoms with E-state index < -0.39 is 0 Å². The molecule has 1 N–H and O–H groups in total. The van der Waals surface area contributed by atoms with Crippen molar-refractivity contribution in [3.8, 4) is 6.07 Å². The Morgan fingerprint density at radius 3 is 3.35 bits per heavy atom. The van der Waals surface area contributed by atoms with Gasteiger partial charge in [-0.15, -0.1) is 0 Å². The van der Waals surface area contributed by atoms with Crippen LogP contribution < -0.4 is 5.32 Å². The van der Waals surface area contributed by atoms with Crippen molar-refractivity contribution in [3.05, 3.63) is 18.0 Å². The molecule has 1 fully saturated rings. The minimum Gasteiger partial charge on any atom is -0.374 e. The highest BCUT2D eigenvalue weighted by Crippen LogP contribution is 2.05. The number of nitriles is 1. The molecule has 0 bridgehead atoms. The van der Waals surface area contributed by atoms with E-state index in [1.54, 1.807) is 12.3 Å². The first-order valence-corrected chi connectivity index (χ1v) is 5.55. The maximum atomic E-state index is 8.71. The molecule has 2 heterocycles. The van der Waals surface area contributed by atoms with Gasteiger partial charge in [0.15, 0.2) is 0 Å². The summed E-state index contributed by atoms with van der Waals surface area (Å²) in [6, 6.07) is 3.56. The molecule has 0 spiro atoms. The second kappa shape index (κ2) is 5.57. The zero-order valence-electron chi connectivity index (χ0n) is 9.76. The summed E-state index contributed by atoms with van der Waals surface area (Å²) in [6.45, 7) is 3.27. The van der Waals surface area contributed by atoms with Crippen LogP contribution in [0.3, 0.4) is 0 Å². The van der Waals surface area contributed by atoms with Crippen molar-refractivity contribution in [1.82, 2.24) is 14.9 Å². The summed E-state index contributed by atoms with van der Waals surface area (Å²) in [5, 5.41) is 11.8. The fourth-order valence-electron chi connectivity index (χ4n) is 1.70. The first-order valence-electron chi connectivity index (χ1n) is 5.55. The van der Waals surface area contributed by atoms with Crippen molar-refractivity contribution >= 4 is 5.95 Å². The second-order valence-corrected chi connectivity index (χ2v) is 4.01. The molecule has 0 aromatic carbocycles. The topological polar surface area (TPSA) is 74.1 Å². The smallest absolute Gasteiger partial charge is 0.223 e. The lowest BCUT2D eigenvalue weighted by Gasteiger charge is -2.30. The SMILES string of the molecule is CN1CCOC(CNc2nccc(C#N)n2)C1. The maximum absolute atomic E-state index is 8.71. The molecule has 0 radical (unpaired) electrons. The molecule has 6 heteroatoms. The highest BCUT2D eigenvalue weighted by atomic mass is 16.5. The fourth-order valence-corrected chi connectivity index (χ4v) is 1.70. The van der Waals surface area contributed by atoms with E-state index in [0.717, 1.165) is 19.7 Å². The monoisotopic (exact) mass is 233 g/mol. The molecule has 1 unspecified atom stereocenters. The summed E-state index contributed by atoms with van der Waals surface area (Å²) < 4.78 is 5.60. The molecule has 90 valence electrons. The van der Waals surface area contributed by atoms with Gasteiger partial charge in [-0.2, -0.15) is 5.26 Å². The molecule has 0 aliphatic carbocycles. The standard InChI is InChI=1S/C11H15N5O/c1-16-4-5-17-10(8-16)7-14-11-13-3-2-9(6-12)15-11/h2-3,10H,4-5,7-8H2,1H3,(H,13,14,15). The van der Waals surface area contributed by atoms with Gasteiger partial charge >= 0.3 is 0 Å². The Hall–Kier alpha value is -1.71. The number of likely N-dealkylation sites (N-methyl/N-ethyl adjacent to an activating group) is 1. The molecular weight excluding hydrogens is 218 g/mol. The third-order valence-electron chi connectivity index (χ3n) is 2.60. The molecule has 1 saturated heterocycles. The molecule has 17 heavy (non-hydrogen) atoms. The van der Waals surface area contributed by atoms with Crippen LogP contribution in [0.15, 0.2) is 12.3 Å². The van der Waals surface area contributed by atoms with Crippen molar-refractivity contribution in [1.29, 1.82) is 5.26 Å². The second-order valence-electron chi connectivity index (χ2n) is 4.01. The average molecular weight is 233 g/mol. The quantitative estimate of drug-likeness (QED) is 0.797. The Balaban J connectivity index is 1.87. The first kappa shape index (κ1) is 11.8. The van der Waals surface area contributed by atoms with E-state index >= 15 is 0 Å². The van der Waals surface area contributed by atoms with Crippen LogP contribution in [0.1, 0.15) is 5.69 Å². The lowest BCUT2D eigenvalue weighted by molar-refractivity contribution is -0.0117. The van der Waals surface area contributed by atoms with Gasteiger partial charge in [0.25, 0.3) is 0 Å². The van der Waals surface area contributed by atoms with E-state index in [2.05, 4.69) is 27.2 Å². The van der Waals surface area contributed by atoms with Gasteiger partial charge in [0.2, 0.25) is 5.95 Å². The van der Waals surface area contributed by atoms with Crippen LogP contribution in [0.4, 0.5) is 5.95 Å². The van der Waals surface area contributed by atoms with Crippen LogP contribution >= 0.6 is 0 Å². The molecule has 0 amide bonds. The number of ether oxygens (including phenoxy) is 1.